The Balaban J connectivity index is 2.62. The van der Waals surface area contributed by atoms with Crippen LogP contribution in [-0.2, 0) is 38.1 Å². The van der Waals surface area contributed by atoms with Gasteiger partial charge < -0.3 is 24.1 Å². The average Bonchev–Trinajstić information content (AvgIpc) is 2.95. The number of methoxy groups -OCH3 is 4. The van der Waals surface area contributed by atoms with Gasteiger partial charge in [-0.15, -0.1) is 0 Å². The van der Waals surface area contributed by atoms with Gasteiger partial charge in [-0.2, -0.15) is 0 Å². The van der Waals surface area contributed by atoms with Crippen LogP contribution in [0, 0.1) is 23.0 Å². The molecule has 1 aliphatic heterocycles. The summed E-state index contributed by atoms with van der Waals surface area (Å²) >= 11 is 0. The number of carbonyl (C=O) groups is 4. The van der Waals surface area contributed by atoms with Gasteiger partial charge in [0.05, 0.1) is 38.9 Å². The van der Waals surface area contributed by atoms with Gasteiger partial charge in [-0.3, -0.25) is 19.8 Å². The van der Waals surface area contributed by atoms with E-state index in [4.69, 9.17) is 18.9 Å². The third-order valence-electron chi connectivity index (χ3n) is 6.35. The van der Waals surface area contributed by atoms with Crippen LogP contribution < -0.4 is 4.90 Å². The molecule has 3 atom stereocenters. The van der Waals surface area contributed by atoms with Gasteiger partial charge in [0.1, 0.15) is 11.6 Å². The van der Waals surface area contributed by atoms with E-state index < -0.39 is 63.3 Å². The van der Waals surface area contributed by atoms with Crippen molar-refractivity contribution in [2.24, 2.45) is 5.92 Å². The number of rotatable bonds is 7. The Bertz CT molecular complexity index is 1350. The largest absolute Gasteiger partial charge is 0.469 e. The second kappa shape index (κ2) is 11.3. The van der Waals surface area contributed by atoms with Crippen molar-refractivity contribution in [1.82, 2.24) is 0 Å². The topological polar surface area (TPSA) is 172 Å². The van der Waals surface area contributed by atoms with Gasteiger partial charge in [0, 0.05) is 23.7 Å². The summed E-state index contributed by atoms with van der Waals surface area (Å²) in [5.41, 5.74) is -3.93. The van der Waals surface area contributed by atoms with Gasteiger partial charge in [-0.05, 0) is 24.6 Å². The molecule has 0 saturated heterocycles. The molecule has 13 nitrogen and oxygen atoms in total. The lowest BCUT2D eigenvalue weighted by atomic mass is 9.70. The molecule has 0 aromatic heterocycles. The lowest BCUT2D eigenvalue weighted by Gasteiger charge is -2.49. The van der Waals surface area contributed by atoms with Gasteiger partial charge in [0.2, 0.25) is 0 Å². The molecule has 13 heteroatoms. The molecule has 1 unspecified atom stereocenters. The number of hydrogen-bond donors (Lipinski definition) is 1. The monoisotopic (exact) mass is 542 g/mol. The van der Waals surface area contributed by atoms with Crippen LogP contribution in [0.1, 0.15) is 17.0 Å². The van der Waals surface area contributed by atoms with Crippen LogP contribution in [0.25, 0.3) is 0 Å². The van der Waals surface area contributed by atoms with Crippen LogP contribution in [0.3, 0.4) is 0 Å². The van der Waals surface area contributed by atoms with Gasteiger partial charge in [0.15, 0.2) is 0 Å². The summed E-state index contributed by atoms with van der Waals surface area (Å²) in [4.78, 5) is 65.1. The van der Waals surface area contributed by atoms with E-state index >= 15 is 0 Å². The van der Waals surface area contributed by atoms with E-state index in [2.05, 4.69) is 0 Å². The van der Waals surface area contributed by atoms with E-state index in [0.29, 0.717) is 0 Å². The standard InChI is InChI=1S/C26H26N2O11/c1-14-9-11-16(12-10-14)27-21(24(31)38-4)19(22(29)36-2)18(15-7-6-8-17(13-15)28(34)35)20(23(30)37-3)26(27,33)25(32)39-5/h6-13,18,20,33H,1-5H3/t18?,20-,26-/m0/s1. The third kappa shape index (κ3) is 4.91. The molecule has 1 aliphatic rings. The number of hydrogen-bond acceptors (Lipinski definition) is 12. The Morgan fingerprint density at radius 1 is 0.923 bits per heavy atom. The Morgan fingerprint density at radius 2 is 1.54 bits per heavy atom. The highest BCUT2D eigenvalue weighted by Gasteiger charge is 2.65. The van der Waals surface area contributed by atoms with E-state index in [-0.39, 0.29) is 11.3 Å². The summed E-state index contributed by atoms with van der Waals surface area (Å²) in [6.07, 6.45) is 0. The Kier molecular flexibility index (Phi) is 8.35. The maximum absolute atomic E-state index is 13.4. The Labute approximate surface area is 222 Å². The van der Waals surface area contributed by atoms with E-state index in [1.165, 1.54) is 24.3 Å². The number of nitro benzene ring substituents is 1. The maximum Gasteiger partial charge on any atom is 0.360 e. The number of nitrogens with zero attached hydrogens (tertiary/aromatic N) is 2. The second-order valence-electron chi connectivity index (χ2n) is 8.46. The lowest BCUT2D eigenvalue weighted by molar-refractivity contribution is -0.384. The number of aryl methyl sites for hydroxylation is 1. The Hall–Kier alpha value is -4.78. The van der Waals surface area contributed by atoms with Gasteiger partial charge >= 0.3 is 23.9 Å². The third-order valence-corrected chi connectivity index (χ3v) is 6.35. The number of ether oxygens (including phenoxy) is 4. The fraction of sp³-hybridized carbons (Fsp3) is 0.308. The summed E-state index contributed by atoms with van der Waals surface area (Å²) in [5, 5.41) is 23.8. The molecular formula is C26H26N2O11. The number of carbonyl (C=O) groups excluding carboxylic acids is 4. The molecule has 1 heterocycles. The van der Waals surface area contributed by atoms with Crippen molar-refractivity contribution in [3.05, 3.63) is 81.0 Å². The SMILES string of the molecule is COC(=O)C1=C(C(=O)OC)N(c2ccc(C)cc2)[C@@](O)(C(=O)OC)[C@H](C(=O)OC)C1c1cccc([N+](=O)[O-])c1. The molecule has 0 spiro atoms. The van der Waals surface area contributed by atoms with Crippen LogP contribution in [0.4, 0.5) is 11.4 Å². The van der Waals surface area contributed by atoms with Gasteiger partial charge in [-0.1, -0.05) is 29.8 Å². The molecule has 0 aliphatic carbocycles. The van der Waals surface area contributed by atoms with Crippen molar-refractivity contribution in [3.63, 3.8) is 0 Å². The van der Waals surface area contributed by atoms with E-state index in [9.17, 15) is 34.4 Å². The molecule has 0 fully saturated rings. The molecule has 39 heavy (non-hydrogen) atoms. The number of aliphatic hydroxyl groups is 1. The maximum atomic E-state index is 13.4. The first kappa shape index (κ1) is 28.8. The Morgan fingerprint density at radius 3 is 2.05 bits per heavy atom. The normalized spacial score (nSPS) is 20.6. The van der Waals surface area contributed by atoms with E-state index in [1.807, 2.05) is 0 Å². The minimum atomic E-state index is -3.02. The molecule has 0 amide bonds. The highest BCUT2D eigenvalue weighted by atomic mass is 16.6. The predicted molar refractivity (Wildman–Crippen MR) is 133 cm³/mol. The number of anilines is 1. The van der Waals surface area contributed by atoms with Gasteiger partial charge in [0.25, 0.3) is 11.4 Å². The summed E-state index contributed by atoms with van der Waals surface area (Å²) in [6, 6.07) is 10.9. The molecule has 0 radical (unpaired) electrons. The number of benzene rings is 2. The first-order valence-electron chi connectivity index (χ1n) is 11.4. The summed E-state index contributed by atoms with van der Waals surface area (Å²) in [5.74, 6) is -8.58. The minimum absolute atomic E-state index is 0.00157. The molecule has 2 aromatic carbocycles. The zero-order valence-corrected chi connectivity index (χ0v) is 21.7. The number of non-ortho nitro benzene ring substituents is 1. The smallest absolute Gasteiger partial charge is 0.360 e. The van der Waals surface area contributed by atoms with Crippen molar-refractivity contribution < 1.29 is 48.2 Å². The molecule has 0 bridgehead atoms. The quantitative estimate of drug-likeness (QED) is 0.233. The number of esters is 4. The first-order valence-corrected chi connectivity index (χ1v) is 11.4. The summed E-state index contributed by atoms with van der Waals surface area (Å²) in [6.45, 7) is 1.76. The summed E-state index contributed by atoms with van der Waals surface area (Å²) in [7, 11) is 3.95. The van der Waals surface area contributed by atoms with E-state index in [1.54, 1.807) is 19.1 Å². The lowest BCUT2D eigenvalue weighted by Crippen LogP contribution is -2.67. The number of nitro groups is 1. The highest BCUT2D eigenvalue weighted by molar-refractivity contribution is 6.09. The minimum Gasteiger partial charge on any atom is -0.469 e. The fourth-order valence-electron chi connectivity index (χ4n) is 4.61. The molecule has 206 valence electrons. The van der Waals surface area contributed by atoms with Gasteiger partial charge in [-0.25, -0.2) is 14.4 Å². The molecular weight excluding hydrogens is 516 g/mol. The molecule has 3 rings (SSSR count). The zero-order chi connectivity index (χ0) is 29.1. The fourth-order valence-corrected chi connectivity index (χ4v) is 4.61. The van der Waals surface area contributed by atoms with Crippen LogP contribution >= 0.6 is 0 Å². The summed E-state index contributed by atoms with van der Waals surface area (Å²) < 4.78 is 19.7. The van der Waals surface area contributed by atoms with Crippen molar-refractivity contribution in [2.45, 2.75) is 18.6 Å². The van der Waals surface area contributed by atoms with Crippen molar-refractivity contribution in [1.29, 1.82) is 0 Å². The van der Waals surface area contributed by atoms with Crippen LogP contribution in [0.15, 0.2) is 59.8 Å². The van der Waals surface area contributed by atoms with Crippen LogP contribution in [0.2, 0.25) is 0 Å². The second-order valence-corrected chi connectivity index (χ2v) is 8.46. The molecule has 0 saturated carbocycles. The van der Waals surface area contributed by atoms with Crippen LogP contribution in [0.5, 0.6) is 0 Å². The van der Waals surface area contributed by atoms with Crippen molar-refractivity contribution >= 4 is 35.3 Å². The predicted octanol–water partition coefficient (Wildman–Crippen LogP) is 1.76. The zero-order valence-electron chi connectivity index (χ0n) is 21.7. The highest BCUT2D eigenvalue weighted by Crippen LogP contribution is 2.50. The molecule has 2 aromatic rings. The average molecular weight is 542 g/mol. The van der Waals surface area contributed by atoms with E-state index in [0.717, 1.165) is 51.0 Å². The van der Waals surface area contributed by atoms with Crippen molar-refractivity contribution in [2.75, 3.05) is 33.3 Å². The molecule has 1 N–H and O–H groups in total. The first-order chi connectivity index (χ1) is 18.5. The van der Waals surface area contributed by atoms with Crippen molar-refractivity contribution in [3.8, 4) is 0 Å². The van der Waals surface area contributed by atoms with Crippen LogP contribution in [-0.4, -0.2) is 68.1 Å².